The largest absolute Gasteiger partial charge is 0.485 e. The molecule has 0 aromatic heterocycles. The van der Waals surface area contributed by atoms with Gasteiger partial charge in [0.15, 0.2) is 17.4 Å². The summed E-state index contributed by atoms with van der Waals surface area (Å²) in [6.07, 6.45) is 17.4. The third-order valence-electron chi connectivity index (χ3n) is 7.20. The number of hydrogen-bond acceptors (Lipinski definition) is 1. The van der Waals surface area contributed by atoms with Gasteiger partial charge in [0.05, 0.1) is 6.10 Å². The van der Waals surface area contributed by atoms with Crippen molar-refractivity contribution in [2.75, 3.05) is 0 Å². The molecule has 1 aromatic carbocycles. The molecule has 0 aliphatic heterocycles. The van der Waals surface area contributed by atoms with E-state index in [9.17, 15) is 8.78 Å². The Bertz CT molecular complexity index is 598. The first kappa shape index (κ1) is 24.2. The average molecular weight is 673 g/mol. The topological polar surface area (TPSA) is 9.23 Å². The zero-order valence-corrected chi connectivity index (χ0v) is 25.5. The molecule has 0 bridgehead atoms. The summed E-state index contributed by atoms with van der Waals surface area (Å²) in [6, 6.07) is 3.06. The second kappa shape index (κ2) is 11.9. The van der Waals surface area contributed by atoms with E-state index in [1.54, 1.807) is 0 Å². The van der Waals surface area contributed by atoms with Crippen molar-refractivity contribution in [1.82, 2.24) is 0 Å². The van der Waals surface area contributed by atoms with Crippen LogP contribution in [0.15, 0.2) is 12.1 Å². The molecule has 1 atom stereocenters. The maximum atomic E-state index is 14.7. The van der Waals surface area contributed by atoms with Crippen LogP contribution in [-0.4, -0.2) is 6.10 Å². The first-order chi connectivity index (χ1) is 14.1. The average Bonchev–Trinajstić information content (AvgIpc) is 2.74. The Kier molecular flexibility index (Phi) is 9.59. The van der Waals surface area contributed by atoms with Crippen LogP contribution in [0.5, 0.6) is 5.75 Å². The van der Waals surface area contributed by atoms with E-state index in [0.717, 1.165) is 49.5 Å². The van der Waals surface area contributed by atoms with E-state index in [1.807, 2.05) is 6.92 Å². The molecule has 0 amide bonds. The van der Waals surface area contributed by atoms with Gasteiger partial charge in [0.1, 0.15) is 0 Å². The Morgan fingerprint density at radius 3 is 2.13 bits per heavy atom. The van der Waals surface area contributed by atoms with Crippen LogP contribution in [0, 0.1) is 29.9 Å². The van der Waals surface area contributed by atoms with Gasteiger partial charge in [0.25, 0.3) is 0 Å². The Morgan fingerprint density at radius 1 is 0.933 bits per heavy atom. The van der Waals surface area contributed by atoms with E-state index in [1.165, 1.54) is 63.5 Å². The predicted molar refractivity (Wildman–Crippen MR) is 116 cm³/mol. The molecular weight excluding hydrogens is 633 g/mol. The van der Waals surface area contributed by atoms with Crippen molar-refractivity contribution in [2.24, 2.45) is 11.8 Å². The van der Waals surface area contributed by atoms with Gasteiger partial charge in [-0.25, -0.2) is 8.78 Å². The molecule has 3 rings (SSSR count). The summed E-state index contributed by atoms with van der Waals surface area (Å²) in [5.74, 6) is 0.695. The van der Waals surface area contributed by atoms with Gasteiger partial charge >= 0.3 is 0 Å². The SMILES string of the molecule is CCCCCCC(C)Oc1c(F)cc(C2CCC(C3CC[CH-]CC3)CC2)cc1F.[Rf]. The molecular formula is C26H39F2ORf-. The van der Waals surface area contributed by atoms with Gasteiger partial charge in [-0.1, -0.05) is 39.0 Å². The van der Waals surface area contributed by atoms with Crippen molar-refractivity contribution in [3.05, 3.63) is 35.8 Å². The molecule has 0 radical (unpaired) electrons. The fourth-order valence-electron chi connectivity index (χ4n) is 5.39. The van der Waals surface area contributed by atoms with Gasteiger partial charge in [-0.2, -0.15) is 12.8 Å². The summed E-state index contributed by atoms with van der Waals surface area (Å²) >= 11 is 0. The maximum absolute atomic E-state index is 14.7. The monoisotopic (exact) mass is 672 g/mol. The molecule has 1 unspecified atom stereocenters. The third kappa shape index (κ3) is 6.44. The second-order valence-electron chi connectivity index (χ2n) is 9.41. The molecule has 0 spiro atoms. The number of rotatable bonds is 9. The van der Waals surface area contributed by atoms with Gasteiger partial charge in [-0.15, -0.1) is 0 Å². The van der Waals surface area contributed by atoms with E-state index < -0.39 is 11.6 Å². The summed E-state index contributed by atoms with van der Waals surface area (Å²) in [5.41, 5.74) is 0.818. The van der Waals surface area contributed by atoms with Crippen LogP contribution in [-0.2, 0) is 0 Å². The molecule has 1 nitrogen and oxygen atoms in total. The van der Waals surface area contributed by atoms with Crippen molar-refractivity contribution in [1.29, 1.82) is 0 Å². The molecule has 2 saturated carbocycles. The quantitative estimate of drug-likeness (QED) is 0.189. The van der Waals surface area contributed by atoms with Crippen molar-refractivity contribution in [3.63, 3.8) is 0 Å². The van der Waals surface area contributed by atoms with Crippen LogP contribution in [0.2, 0.25) is 0 Å². The summed E-state index contributed by atoms with van der Waals surface area (Å²) in [4.78, 5) is 0. The van der Waals surface area contributed by atoms with Crippen LogP contribution in [0.3, 0.4) is 0 Å². The van der Waals surface area contributed by atoms with E-state index >= 15 is 0 Å². The Hall–Kier alpha value is -2.12. The first-order valence-electron chi connectivity index (χ1n) is 12.1. The van der Waals surface area contributed by atoms with E-state index in [4.69, 9.17) is 4.74 Å². The number of ether oxygens (including phenoxy) is 1. The van der Waals surface area contributed by atoms with Gasteiger partial charge in [-0.3, -0.25) is 0 Å². The molecule has 2 aliphatic rings. The molecule has 2 fully saturated rings. The molecule has 0 heterocycles. The molecule has 166 valence electrons. The Morgan fingerprint density at radius 2 is 1.53 bits per heavy atom. The fraction of sp³-hybridized carbons (Fsp3) is 0.731. The number of unbranched alkanes of at least 4 members (excludes halogenated alkanes) is 3. The molecule has 4 heteroatoms. The van der Waals surface area contributed by atoms with Gasteiger partial charge < -0.3 is 11.2 Å². The molecule has 1 aromatic rings. The summed E-state index contributed by atoms with van der Waals surface area (Å²) < 4.78 is 35.0. The normalized spacial score (nSPS) is 23.6. The van der Waals surface area contributed by atoms with Crippen molar-refractivity contribution in [3.8, 4) is 5.75 Å². The van der Waals surface area contributed by atoms with Crippen LogP contribution in [0.1, 0.15) is 109 Å². The Labute approximate surface area is 176 Å². The minimum atomic E-state index is -0.537. The minimum absolute atomic E-state index is 0. The molecule has 0 N–H and O–H groups in total. The Balaban J connectivity index is 0.00000320. The van der Waals surface area contributed by atoms with Crippen molar-refractivity contribution < 1.29 is 13.5 Å². The third-order valence-corrected chi connectivity index (χ3v) is 7.20. The van der Waals surface area contributed by atoms with Crippen molar-refractivity contribution in [2.45, 2.75) is 109 Å². The van der Waals surface area contributed by atoms with Gasteiger partial charge in [0, 0.05) is 0 Å². The summed E-state index contributed by atoms with van der Waals surface area (Å²) in [5, 5.41) is 0. The molecule has 2 aliphatic carbocycles. The standard InChI is InChI=1S/C26H39F2O.Rf/c1-3-4-5-7-10-19(2)29-26-24(27)17-23(18-25(26)28)22-15-13-21(14-16-22)20-11-8-6-9-12-20;/h6,17-22H,3-5,7-16H2,1-2H3;/q-1;. The zero-order valence-electron chi connectivity index (χ0n) is 19.1. The van der Waals surface area contributed by atoms with Crippen molar-refractivity contribution >= 4 is 0 Å². The van der Waals surface area contributed by atoms with Crippen LogP contribution >= 0.6 is 0 Å². The number of halogens is 2. The molecule has 0 saturated heterocycles. The number of hydrogen-bond donors (Lipinski definition) is 0. The van der Waals surface area contributed by atoms with Crippen LogP contribution < -0.4 is 4.74 Å². The number of benzene rings is 1. The van der Waals surface area contributed by atoms with Crippen LogP contribution in [0.25, 0.3) is 0 Å². The smallest absolute Gasteiger partial charge is 0.191 e. The van der Waals surface area contributed by atoms with Gasteiger partial charge in [-0.05, 0) is 80.9 Å². The van der Waals surface area contributed by atoms with E-state index in [-0.39, 0.29) is 17.8 Å². The molecule has 30 heavy (non-hydrogen) atoms. The summed E-state index contributed by atoms with van der Waals surface area (Å²) in [7, 11) is 0. The zero-order chi connectivity index (χ0) is 20.6. The maximum Gasteiger partial charge on any atom is 0.191 e. The first-order valence-corrected chi connectivity index (χ1v) is 12.1. The van der Waals surface area contributed by atoms with E-state index in [0.29, 0.717) is 0 Å². The van der Waals surface area contributed by atoms with Crippen LogP contribution in [0.4, 0.5) is 8.78 Å². The minimum Gasteiger partial charge on any atom is -0.485 e. The second-order valence-corrected chi connectivity index (χ2v) is 9.41. The summed E-state index contributed by atoms with van der Waals surface area (Å²) in [6.45, 7) is 4.08. The van der Waals surface area contributed by atoms with Gasteiger partial charge in [0.2, 0.25) is 0 Å². The van der Waals surface area contributed by atoms with E-state index in [2.05, 4.69) is 13.3 Å². The predicted octanol–water partition coefficient (Wildman–Crippen LogP) is 8.37. The fourth-order valence-corrected chi connectivity index (χ4v) is 5.39.